The van der Waals surface area contributed by atoms with Crippen molar-refractivity contribution in [1.29, 1.82) is 0 Å². The van der Waals surface area contributed by atoms with Gasteiger partial charge >= 0.3 is 0 Å². The molecule has 1 unspecified atom stereocenters. The summed E-state index contributed by atoms with van der Waals surface area (Å²) in [5.74, 6) is 5.69. The van der Waals surface area contributed by atoms with Gasteiger partial charge in [-0.15, -0.1) is 0 Å². The molecule has 2 aromatic rings. The summed E-state index contributed by atoms with van der Waals surface area (Å²) >= 11 is 9.71. The zero-order chi connectivity index (χ0) is 13.8. The molecule has 0 amide bonds. The van der Waals surface area contributed by atoms with Gasteiger partial charge in [0.05, 0.1) is 6.04 Å². The van der Waals surface area contributed by atoms with Gasteiger partial charge in [0.25, 0.3) is 0 Å². The van der Waals surface area contributed by atoms with Crippen LogP contribution in [0.2, 0.25) is 5.02 Å². The zero-order valence-corrected chi connectivity index (χ0v) is 13.0. The molecular weight excluding hydrogens is 324 g/mol. The maximum atomic E-state index is 6.25. The minimum Gasteiger partial charge on any atom is -0.271 e. The second-order valence-electron chi connectivity index (χ2n) is 4.58. The summed E-state index contributed by atoms with van der Waals surface area (Å²) in [6.07, 6.45) is 0.800. The summed E-state index contributed by atoms with van der Waals surface area (Å²) in [4.78, 5) is 0. The van der Waals surface area contributed by atoms with E-state index in [-0.39, 0.29) is 6.04 Å². The van der Waals surface area contributed by atoms with E-state index in [0.29, 0.717) is 0 Å². The Morgan fingerprint density at radius 3 is 2.74 bits per heavy atom. The van der Waals surface area contributed by atoms with Gasteiger partial charge in [0.2, 0.25) is 0 Å². The Balaban J connectivity index is 2.27. The molecule has 0 fully saturated rings. The fourth-order valence-corrected chi connectivity index (χ4v) is 2.74. The first-order valence-corrected chi connectivity index (χ1v) is 7.24. The van der Waals surface area contributed by atoms with E-state index in [0.717, 1.165) is 21.5 Å². The SMILES string of the molecule is Cc1cccc(CC(NN)c2cc(Br)ccc2Cl)c1. The lowest BCUT2D eigenvalue weighted by Crippen LogP contribution is -2.29. The molecule has 0 bridgehead atoms. The van der Waals surface area contributed by atoms with E-state index in [1.165, 1.54) is 11.1 Å². The second-order valence-corrected chi connectivity index (χ2v) is 5.90. The average Bonchev–Trinajstić information content (AvgIpc) is 2.39. The predicted octanol–water partition coefficient (Wildman–Crippen LogP) is 4.16. The average molecular weight is 340 g/mol. The van der Waals surface area contributed by atoms with Crippen molar-refractivity contribution in [3.05, 3.63) is 68.7 Å². The van der Waals surface area contributed by atoms with Crippen molar-refractivity contribution >= 4 is 27.5 Å². The van der Waals surface area contributed by atoms with Crippen molar-refractivity contribution in [1.82, 2.24) is 5.43 Å². The van der Waals surface area contributed by atoms with Crippen molar-refractivity contribution in [3.63, 3.8) is 0 Å². The number of hydrogen-bond donors (Lipinski definition) is 2. The number of nitrogens with one attached hydrogen (secondary N) is 1. The first-order valence-electron chi connectivity index (χ1n) is 6.07. The van der Waals surface area contributed by atoms with Crippen LogP contribution in [0.1, 0.15) is 22.7 Å². The molecule has 0 aliphatic heterocycles. The largest absolute Gasteiger partial charge is 0.271 e. The number of halogens is 2. The Labute approximate surface area is 127 Å². The van der Waals surface area contributed by atoms with Crippen LogP contribution in [-0.2, 0) is 6.42 Å². The van der Waals surface area contributed by atoms with Crippen molar-refractivity contribution in [2.45, 2.75) is 19.4 Å². The monoisotopic (exact) mass is 338 g/mol. The molecule has 19 heavy (non-hydrogen) atoms. The van der Waals surface area contributed by atoms with Crippen LogP contribution in [0.3, 0.4) is 0 Å². The summed E-state index contributed by atoms with van der Waals surface area (Å²) in [6.45, 7) is 2.08. The molecule has 0 saturated heterocycles. The highest BCUT2D eigenvalue weighted by Gasteiger charge is 2.14. The molecule has 0 aliphatic rings. The fourth-order valence-electron chi connectivity index (χ4n) is 2.12. The molecular formula is C15H16BrClN2. The topological polar surface area (TPSA) is 38.0 Å². The van der Waals surface area contributed by atoms with Gasteiger partial charge in [-0.1, -0.05) is 57.4 Å². The summed E-state index contributed by atoms with van der Waals surface area (Å²) in [5, 5.41) is 0.721. The summed E-state index contributed by atoms with van der Waals surface area (Å²) in [5.41, 5.74) is 6.33. The Morgan fingerprint density at radius 1 is 1.26 bits per heavy atom. The smallest absolute Gasteiger partial charge is 0.0515 e. The predicted molar refractivity (Wildman–Crippen MR) is 84.1 cm³/mol. The van der Waals surface area contributed by atoms with Gasteiger partial charge in [0.15, 0.2) is 0 Å². The van der Waals surface area contributed by atoms with Gasteiger partial charge in [-0.2, -0.15) is 0 Å². The molecule has 100 valence electrons. The van der Waals surface area contributed by atoms with Gasteiger partial charge in [0.1, 0.15) is 0 Å². The Bertz CT molecular complexity index is 572. The third-order valence-corrected chi connectivity index (χ3v) is 3.89. The molecule has 0 aliphatic carbocycles. The van der Waals surface area contributed by atoms with Crippen LogP contribution in [0, 0.1) is 6.92 Å². The van der Waals surface area contributed by atoms with Crippen LogP contribution in [0.4, 0.5) is 0 Å². The van der Waals surface area contributed by atoms with Crippen molar-refractivity contribution < 1.29 is 0 Å². The lowest BCUT2D eigenvalue weighted by atomic mass is 9.98. The highest BCUT2D eigenvalue weighted by Crippen LogP contribution is 2.28. The van der Waals surface area contributed by atoms with Crippen molar-refractivity contribution in [2.24, 2.45) is 5.84 Å². The number of rotatable bonds is 4. The van der Waals surface area contributed by atoms with Crippen molar-refractivity contribution in [3.8, 4) is 0 Å². The summed E-state index contributed by atoms with van der Waals surface area (Å²) in [6, 6.07) is 14.2. The maximum Gasteiger partial charge on any atom is 0.0515 e. The lowest BCUT2D eigenvalue weighted by molar-refractivity contribution is 0.552. The minimum atomic E-state index is -0.00759. The Hall–Kier alpha value is -0.870. The van der Waals surface area contributed by atoms with Crippen LogP contribution in [0.5, 0.6) is 0 Å². The minimum absolute atomic E-state index is 0.00759. The third-order valence-electron chi connectivity index (χ3n) is 3.06. The van der Waals surface area contributed by atoms with E-state index in [4.69, 9.17) is 17.4 Å². The summed E-state index contributed by atoms with van der Waals surface area (Å²) < 4.78 is 0.997. The first kappa shape index (κ1) is 14.5. The fraction of sp³-hybridized carbons (Fsp3) is 0.200. The van der Waals surface area contributed by atoms with E-state index in [2.05, 4.69) is 52.5 Å². The number of benzene rings is 2. The molecule has 0 saturated carbocycles. The maximum absolute atomic E-state index is 6.25. The molecule has 0 radical (unpaired) electrons. The van der Waals surface area contributed by atoms with Crippen LogP contribution < -0.4 is 11.3 Å². The number of aryl methyl sites for hydroxylation is 1. The molecule has 0 heterocycles. The molecule has 1 atom stereocenters. The number of nitrogens with two attached hydrogens (primary N) is 1. The van der Waals surface area contributed by atoms with Gasteiger partial charge in [-0.05, 0) is 42.7 Å². The molecule has 0 spiro atoms. The molecule has 2 nitrogen and oxygen atoms in total. The van der Waals surface area contributed by atoms with Crippen molar-refractivity contribution in [2.75, 3.05) is 0 Å². The van der Waals surface area contributed by atoms with Crippen LogP contribution in [-0.4, -0.2) is 0 Å². The van der Waals surface area contributed by atoms with E-state index >= 15 is 0 Å². The lowest BCUT2D eigenvalue weighted by Gasteiger charge is -2.18. The highest BCUT2D eigenvalue weighted by atomic mass is 79.9. The van der Waals surface area contributed by atoms with E-state index in [1.807, 2.05) is 18.2 Å². The van der Waals surface area contributed by atoms with E-state index in [9.17, 15) is 0 Å². The first-order chi connectivity index (χ1) is 9.10. The van der Waals surface area contributed by atoms with E-state index in [1.54, 1.807) is 0 Å². The van der Waals surface area contributed by atoms with Crippen LogP contribution in [0.25, 0.3) is 0 Å². The highest BCUT2D eigenvalue weighted by molar-refractivity contribution is 9.10. The van der Waals surface area contributed by atoms with Gasteiger partial charge in [-0.3, -0.25) is 11.3 Å². The normalized spacial score (nSPS) is 12.4. The standard InChI is InChI=1S/C15H16BrClN2/c1-10-3-2-4-11(7-10)8-15(19-18)13-9-12(16)5-6-14(13)17/h2-7,9,15,19H,8,18H2,1H3. The zero-order valence-electron chi connectivity index (χ0n) is 10.7. The molecule has 3 N–H and O–H groups in total. The number of hydrogen-bond acceptors (Lipinski definition) is 2. The van der Waals surface area contributed by atoms with E-state index < -0.39 is 0 Å². The van der Waals surface area contributed by atoms with Crippen LogP contribution >= 0.6 is 27.5 Å². The van der Waals surface area contributed by atoms with Gasteiger partial charge in [0, 0.05) is 9.50 Å². The second kappa shape index (κ2) is 6.53. The molecule has 2 rings (SSSR count). The molecule has 0 aromatic heterocycles. The van der Waals surface area contributed by atoms with Gasteiger partial charge in [-0.25, -0.2) is 0 Å². The van der Waals surface area contributed by atoms with Gasteiger partial charge < -0.3 is 0 Å². The summed E-state index contributed by atoms with van der Waals surface area (Å²) in [7, 11) is 0. The Morgan fingerprint density at radius 2 is 2.05 bits per heavy atom. The quantitative estimate of drug-likeness (QED) is 0.648. The third kappa shape index (κ3) is 3.80. The Kier molecular flexibility index (Phi) is 4.99. The molecule has 4 heteroatoms. The number of hydrazine groups is 1. The molecule has 2 aromatic carbocycles. The van der Waals surface area contributed by atoms with Crippen LogP contribution in [0.15, 0.2) is 46.9 Å².